The second-order valence-corrected chi connectivity index (χ2v) is 7.36. The molecule has 3 N–H and O–H groups in total. The Balaban J connectivity index is 1.73. The van der Waals surface area contributed by atoms with Gasteiger partial charge >= 0.3 is 0 Å². The summed E-state index contributed by atoms with van der Waals surface area (Å²) in [6.07, 6.45) is 1.49. The monoisotopic (exact) mass is 345 g/mol. The zero-order valence-electron chi connectivity index (χ0n) is 13.8. The lowest BCUT2D eigenvalue weighted by Crippen LogP contribution is -3.28. The third kappa shape index (κ3) is 2.68. The largest absolute Gasteiger partial charge is 0.492 e. The van der Waals surface area contributed by atoms with Gasteiger partial charge in [0.15, 0.2) is 6.04 Å². The predicted molar refractivity (Wildman–Crippen MR) is 92.7 cm³/mol. The number of piperazine rings is 1. The van der Waals surface area contributed by atoms with E-state index in [4.69, 9.17) is 0 Å². The van der Waals surface area contributed by atoms with E-state index in [1.54, 1.807) is 20.8 Å². The molecule has 3 aromatic rings. The van der Waals surface area contributed by atoms with Crippen LogP contribution in [0.15, 0.2) is 36.7 Å². The Kier molecular flexibility index (Phi) is 4.22. The maximum absolute atomic E-state index is 10.7. The Labute approximate surface area is 145 Å². The van der Waals surface area contributed by atoms with Gasteiger partial charge in [0.05, 0.1) is 6.54 Å². The van der Waals surface area contributed by atoms with Crippen molar-refractivity contribution in [3.05, 3.63) is 47.1 Å². The van der Waals surface area contributed by atoms with E-state index in [0.29, 0.717) is 0 Å². The summed E-state index contributed by atoms with van der Waals surface area (Å²) in [6.45, 7) is 8.01. The first-order valence-electron chi connectivity index (χ1n) is 8.52. The molecule has 1 aliphatic rings. The third-order valence-corrected chi connectivity index (χ3v) is 6.14. The minimum atomic E-state index is 0.137. The van der Waals surface area contributed by atoms with E-state index in [9.17, 15) is 5.11 Å². The average Bonchev–Trinajstić information content (AvgIpc) is 3.21. The molecule has 0 spiro atoms. The van der Waals surface area contributed by atoms with E-state index in [2.05, 4.69) is 41.3 Å². The van der Waals surface area contributed by atoms with Gasteiger partial charge in [-0.2, -0.15) is 9.61 Å². The lowest BCUT2D eigenvalue weighted by atomic mass is 10.0. The number of hydrogen-bond acceptors (Lipinski definition) is 4. The fourth-order valence-electron chi connectivity index (χ4n) is 3.67. The quantitative estimate of drug-likeness (QED) is 0.591. The lowest BCUT2D eigenvalue weighted by Gasteiger charge is -2.34. The molecule has 4 rings (SSSR count). The molecule has 0 unspecified atom stereocenters. The van der Waals surface area contributed by atoms with Crippen molar-refractivity contribution in [1.29, 1.82) is 0 Å². The Morgan fingerprint density at radius 1 is 1.21 bits per heavy atom. The van der Waals surface area contributed by atoms with E-state index in [-0.39, 0.29) is 11.9 Å². The second-order valence-electron chi connectivity index (χ2n) is 6.35. The highest BCUT2D eigenvalue weighted by Crippen LogP contribution is 2.34. The molecule has 1 aromatic carbocycles. The normalized spacial score (nSPS) is 22.7. The molecule has 1 atom stereocenters. The summed E-state index contributed by atoms with van der Waals surface area (Å²) in [5.41, 5.74) is 1.24. The van der Waals surface area contributed by atoms with Crippen LogP contribution < -0.4 is 9.80 Å². The van der Waals surface area contributed by atoms with Gasteiger partial charge in [-0.15, -0.1) is 0 Å². The molecule has 0 radical (unpaired) electrons. The summed E-state index contributed by atoms with van der Waals surface area (Å²) in [6, 6.07) is 10.6. The second kappa shape index (κ2) is 6.51. The Morgan fingerprint density at radius 2 is 1.96 bits per heavy atom. The van der Waals surface area contributed by atoms with Gasteiger partial charge in [-0.1, -0.05) is 41.7 Å². The first-order chi connectivity index (χ1) is 11.8. The van der Waals surface area contributed by atoms with Crippen molar-refractivity contribution < 1.29 is 14.9 Å². The molecule has 3 heterocycles. The topological polar surface area (TPSA) is 59.3 Å². The van der Waals surface area contributed by atoms with Crippen LogP contribution in [0.5, 0.6) is 5.88 Å². The summed E-state index contributed by atoms with van der Waals surface area (Å²) >= 11 is 1.55. The maximum Gasteiger partial charge on any atom is 0.235 e. The SMILES string of the molecule is CC[NH+]1CC[NH+]([C@H](c2ccccc2)c2sc3ncnn3c2O)CC1. The van der Waals surface area contributed by atoms with Crippen LogP contribution >= 0.6 is 11.3 Å². The number of hydrogen-bond donors (Lipinski definition) is 3. The molecule has 1 fully saturated rings. The summed E-state index contributed by atoms with van der Waals surface area (Å²) < 4.78 is 1.54. The number of benzene rings is 1. The van der Waals surface area contributed by atoms with E-state index < -0.39 is 0 Å². The van der Waals surface area contributed by atoms with Crippen LogP contribution in [0.1, 0.15) is 23.4 Å². The molecule has 0 saturated carbocycles. The molecular formula is C17H23N5OS+2. The summed E-state index contributed by atoms with van der Waals surface area (Å²) in [5, 5.41) is 14.8. The third-order valence-electron chi connectivity index (χ3n) is 5.04. The molecule has 1 aliphatic heterocycles. The zero-order valence-corrected chi connectivity index (χ0v) is 14.6. The fraction of sp³-hybridized carbons (Fsp3) is 0.412. The molecule has 0 amide bonds. The van der Waals surface area contributed by atoms with Crippen molar-refractivity contribution in [2.24, 2.45) is 0 Å². The van der Waals surface area contributed by atoms with Crippen LogP contribution in [0.3, 0.4) is 0 Å². The molecule has 24 heavy (non-hydrogen) atoms. The molecule has 7 heteroatoms. The minimum absolute atomic E-state index is 0.137. The van der Waals surface area contributed by atoms with Gasteiger partial charge in [0.1, 0.15) is 37.4 Å². The smallest absolute Gasteiger partial charge is 0.235 e. The van der Waals surface area contributed by atoms with Gasteiger partial charge in [0, 0.05) is 5.56 Å². The number of thiazole rings is 1. The highest BCUT2D eigenvalue weighted by molar-refractivity contribution is 7.17. The minimum Gasteiger partial charge on any atom is -0.492 e. The first kappa shape index (κ1) is 15.6. The van der Waals surface area contributed by atoms with Crippen molar-refractivity contribution in [1.82, 2.24) is 14.6 Å². The number of nitrogens with one attached hydrogen (secondary N) is 2. The van der Waals surface area contributed by atoms with E-state index in [1.807, 2.05) is 6.07 Å². The van der Waals surface area contributed by atoms with E-state index in [1.165, 1.54) is 36.4 Å². The summed E-state index contributed by atoms with van der Waals surface area (Å²) in [7, 11) is 0. The Morgan fingerprint density at radius 3 is 2.62 bits per heavy atom. The molecular weight excluding hydrogens is 322 g/mol. The summed E-state index contributed by atoms with van der Waals surface area (Å²) in [5.74, 6) is 0.235. The Bertz CT molecular complexity index is 807. The maximum atomic E-state index is 10.7. The van der Waals surface area contributed by atoms with Crippen molar-refractivity contribution in [2.45, 2.75) is 13.0 Å². The predicted octanol–water partition coefficient (Wildman–Crippen LogP) is -0.611. The van der Waals surface area contributed by atoms with Crippen molar-refractivity contribution in [3.8, 4) is 5.88 Å². The van der Waals surface area contributed by atoms with Gasteiger partial charge in [0.25, 0.3) is 0 Å². The number of aromatic hydroxyl groups is 1. The lowest BCUT2D eigenvalue weighted by molar-refractivity contribution is -1.02. The molecule has 6 nitrogen and oxygen atoms in total. The molecule has 126 valence electrons. The van der Waals surface area contributed by atoms with Gasteiger partial charge < -0.3 is 14.9 Å². The number of fused-ring (bicyclic) bond motifs is 1. The number of rotatable bonds is 4. The van der Waals surface area contributed by atoms with Gasteiger partial charge in [-0.3, -0.25) is 0 Å². The first-order valence-corrected chi connectivity index (χ1v) is 9.34. The molecule has 2 aromatic heterocycles. The van der Waals surface area contributed by atoms with Crippen LogP contribution in [0.25, 0.3) is 4.96 Å². The van der Waals surface area contributed by atoms with Crippen molar-refractivity contribution >= 4 is 16.3 Å². The highest BCUT2D eigenvalue weighted by atomic mass is 32.1. The molecule has 0 bridgehead atoms. The molecule has 1 saturated heterocycles. The van der Waals surface area contributed by atoms with Crippen LogP contribution in [-0.4, -0.2) is 52.4 Å². The standard InChI is InChI=1S/C17H21N5OS/c1-2-20-8-10-21(11-9-20)14(13-6-4-3-5-7-13)15-16(23)22-17(24-15)18-12-19-22/h3-7,12,14,23H,2,8-11H2,1H3/p+2/t14-/m1/s1. The highest BCUT2D eigenvalue weighted by Gasteiger charge is 2.35. The zero-order chi connectivity index (χ0) is 16.5. The van der Waals surface area contributed by atoms with Crippen molar-refractivity contribution in [2.75, 3.05) is 32.7 Å². The van der Waals surface area contributed by atoms with E-state index >= 15 is 0 Å². The molecule has 0 aliphatic carbocycles. The van der Waals surface area contributed by atoms with Gasteiger partial charge in [0.2, 0.25) is 10.8 Å². The van der Waals surface area contributed by atoms with Gasteiger partial charge in [-0.05, 0) is 6.92 Å². The number of likely N-dealkylation sites (N-methyl/N-ethyl adjacent to an activating group) is 1. The number of aromatic nitrogens is 3. The van der Waals surface area contributed by atoms with Crippen molar-refractivity contribution in [3.63, 3.8) is 0 Å². The number of nitrogens with zero attached hydrogens (tertiary/aromatic N) is 3. The number of quaternary nitrogens is 2. The van der Waals surface area contributed by atoms with Crippen LogP contribution in [0.2, 0.25) is 0 Å². The summed E-state index contributed by atoms with van der Waals surface area (Å²) in [4.78, 5) is 9.14. The average molecular weight is 345 g/mol. The fourth-order valence-corrected chi connectivity index (χ4v) is 4.78. The van der Waals surface area contributed by atoms with Crippen LogP contribution in [-0.2, 0) is 0 Å². The van der Waals surface area contributed by atoms with Gasteiger partial charge in [-0.25, -0.2) is 4.98 Å². The van der Waals surface area contributed by atoms with Crippen LogP contribution in [0.4, 0.5) is 0 Å². The van der Waals surface area contributed by atoms with Crippen LogP contribution in [0, 0.1) is 0 Å². The van der Waals surface area contributed by atoms with E-state index in [0.717, 1.165) is 22.9 Å². The Hall–Kier alpha value is -1.96.